The van der Waals surface area contributed by atoms with Crippen LogP contribution < -0.4 is 4.90 Å². The van der Waals surface area contributed by atoms with Crippen molar-refractivity contribution in [2.24, 2.45) is 0 Å². The molecule has 0 amide bonds. The number of anilines is 1. The van der Waals surface area contributed by atoms with Gasteiger partial charge in [-0.2, -0.15) is 0 Å². The molecule has 0 unspecified atom stereocenters. The first-order valence-electron chi connectivity index (χ1n) is 5.97. The SMILES string of the molecule is Cc1cc(N2CCC(OC(=O)O)CC2)ccc1F. The Morgan fingerprint density at radius 3 is 2.67 bits per heavy atom. The van der Waals surface area contributed by atoms with E-state index in [4.69, 9.17) is 9.84 Å². The Bertz CT molecular complexity index is 442. The molecule has 2 rings (SSSR count). The van der Waals surface area contributed by atoms with E-state index in [1.807, 2.05) is 6.07 Å². The van der Waals surface area contributed by atoms with Crippen molar-refractivity contribution in [1.29, 1.82) is 0 Å². The van der Waals surface area contributed by atoms with E-state index in [-0.39, 0.29) is 11.9 Å². The second-order valence-corrected chi connectivity index (χ2v) is 4.50. The average Bonchev–Trinajstić information content (AvgIpc) is 2.33. The highest BCUT2D eigenvalue weighted by Gasteiger charge is 2.22. The van der Waals surface area contributed by atoms with Crippen LogP contribution in [-0.2, 0) is 4.74 Å². The van der Waals surface area contributed by atoms with E-state index in [1.165, 1.54) is 6.07 Å². The summed E-state index contributed by atoms with van der Waals surface area (Å²) in [6.07, 6.45) is -0.0998. The number of carboxylic acid groups (broad SMARTS) is 1. The number of nitrogens with zero attached hydrogens (tertiary/aromatic N) is 1. The van der Waals surface area contributed by atoms with Gasteiger partial charge in [-0.15, -0.1) is 0 Å². The van der Waals surface area contributed by atoms with E-state index in [0.717, 1.165) is 18.8 Å². The van der Waals surface area contributed by atoms with E-state index in [1.54, 1.807) is 13.0 Å². The Morgan fingerprint density at radius 1 is 1.44 bits per heavy atom. The molecule has 1 aromatic carbocycles. The number of aryl methyl sites for hydroxylation is 1. The highest BCUT2D eigenvalue weighted by Crippen LogP contribution is 2.23. The topological polar surface area (TPSA) is 49.8 Å². The molecule has 98 valence electrons. The summed E-state index contributed by atoms with van der Waals surface area (Å²) in [6.45, 7) is 3.19. The maximum Gasteiger partial charge on any atom is 0.506 e. The largest absolute Gasteiger partial charge is 0.506 e. The molecule has 1 heterocycles. The standard InChI is InChI=1S/C13H16FNO3/c1-9-8-10(2-3-12(9)14)15-6-4-11(5-7-15)18-13(16)17/h2-3,8,11H,4-7H2,1H3,(H,16,17). The minimum Gasteiger partial charge on any atom is -0.450 e. The lowest BCUT2D eigenvalue weighted by Crippen LogP contribution is -2.37. The molecule has 5 heteroatoms. The fourth-order valence-electron chi connectivity index (χ4n) is 2.20. The lowest BCUT2D eigenvalue weighted by Gasteiger charge is -2.32. The summed E-state index contributed by atoms with van der Waals surface area (Å²) in [6, 6.07) is 5.03. The van der Waals surface area contributed by atoms with Gasteiger partial charge in [0.05, 0.1) is 0 Å². The third-order valence-corrected chi connectivity index (χ3v) is 3.22. The van der Waals surface area contributed by atoms with Gasteiger partial charge in [-0.05, 0) is 30.7 Å². The Hall–Kier alpha value is -1.78. The van der Waals surface area contributed by atoms with E-state index < -0.39 is 6.16 Å². The van der Waals surface area contributed by atoms with Crippen molar-refractivity contribution in [3.63, 3.8) is 0 Å². The van der Waals surface area contributed by atoms with Gasteiger partial charge in [-0.25, -0.2) is 9.18 Å². The van der Waals surface area contributed by atoms with Gasteiger partial charge in [-0.3, -0.25) is 0 Å². The van der Waals surface area contributed by atoms with Gasteiger partial charge in [0.15, 0.2) is 0 Å². The number of hydrogen-bond acceptors (Lipinski definition) is 3. The molecule has 1 N–H and O–H groups in total. The maximum atomic E-state index is 13.2. The molecule has 0 spiro atoms. The van der Waals surface area contributed by atoms with Crippen molar-refractivity contribution in [1.82, 2.24) is 0 Å². The second-order valence-electron chi connectivity index (χ2n) is 4.50. The molecule has 0 atom stereocenters. The number of rotatable bonds is 2. The van der Waals surface area contributed by atoms with Gasteiger partial charge >= 0.3 is 6.16 Å². The highest BCUT2D eigenvalue weighted by molar-refractivity contribution is 5.57. The van der Waals surface area contributed by atoms with Crippen molar-refractivity contribution in [2.45, 2.75) is 25.9 Å². The van der Waals surface area contributed by atoms with Gasteiger partial charge in [0.1, 0.15) is 11.9 Å². The minimum atomic E-state index is -1.22. The summed E-state index contributed by atoms with van der Waals surface area (Å²) in [4.78, 5) is 12.5. The molecule has 1 aliphatic rings. The number of benzene rings is 1. The van der Waals surface area contributed by atoms with Crippen LogP contribution in [0.15, 0.2) is 18.2 Å². The van der Waals surface area contributed by atoms with Crippen LogP contribution in [0, 0.1) is 12.7 Å². The lowest BCUT2D eigenvalue weighted by atomic mass is 10.1. The van der Waals surface area contributed by atoms with Crippen molar-refractivity contribution in [2.75, 3.05) is 18.0 Å². The Kier molecular flexibility index (Phi) is 3.69. The van der Waals surface area contributed by atoms with Crippen LogP contribution in [0.2, 0.25) is 0 Å². The number of ether oxygens (including phenoxy) is 1. The zero-order chi connectivity index (χ0) is 13.1. The first-order valence-corrected chi connectivity index (χ1v) is 5.97. The molecule has 1 fully saturated rings. The fourth-order valence-corrected chi connectivity index (χ4v) is 2.20. The Balaban J connectivity index is 1.96. The van der Waals surface area contributed by atoms with Crippen LogP contribution in [0.4, 0.5) is 14.9 Å². The number of halogens is 1. The predicted molar refractivity (Wildman–Crippen MR) is 65.5 cm³/mol. The summed E-state index contributed by atoms with van der Waals surface area (Å²) >= 11 is 0. The van der Waals surface area contributed by atoms with Crippen LogP contribution in [0.3, 0.4) is 0 Å². The summed E-state index contributed by atoms with van der Waals surface area (Å²) in [7, 11) is 0. The molecule has 1 aliphatic heterocycles. The van der Waals surface area contributed by atoms with E-state index >= 15 is 0 Å². The first kappa shape index (κ1) is 12.7. The van der Waals surface area contributed by atoms with Crippen LogP contribution >= 0.6 is 0 Å². The molecule has 4 nitrogen and oxygen atoms in total. The summed E-state index contributed by atoms with van der Waals surface area (Å²) in [5, 5.41) is 8.54. The van der Waals surface area contributed by atoms with E-state index in [2.05, 4.69) is 4.90 Å². The van der Waals surface area contributed by atoms with Crippen LogP contribution in [0.25, 0.3) is 0 Å². The van der Waals surface area contributed by atoms with Crippen LogP contribution in [-0.4, -0.2) is 30.5 Å². The molecular formula is C13H16FNO3. The highest BCUT2D eigenvalue weighted by atomic mass is 19.1. The molecule has 0 aromatic heterocycles. The third-order valence-electron chi connectivity index (χ3n) is 3.22. The quantitative estimate of drug-likeness (QED) is 0.823. The first-order chi connectivity index (χ1) is 8.56. The van der Waals surface area contributed by atoms with Crippen molar-refractivity contribution < 1.29 is 19.0 Å². The maximum absolute atomic E-state index is 13.2. The van der Waals surface area contributed by atoms with Gasteiger partial charge in [0.2, 0.25) is 0 Å². The van der Waals surface area contributed by atoms with Gasteiger partial charge in [-0.1, -0.05) is 0 Å². The number of hydrogen-bond donors (Lipinski definition) is 1. The second kappa shape index (κ2) is 5.25. The molecular weight excluding hydrogens is 237 g/mol. The van der Waals surface area contributed by atoms with E-state index in [0.29, 0.717) is 18.4 Å². The van der Waals surface area contributed by atoms with Crippen molar-refractivity contribution >= 4 is 11.8 Å². The molecule has 1 saturated heterocycles. The fraction of sp³-hybridized carbons (Fsp3) is 0.462. The van der Waals surface area contributed by atoms with Crippen LogP contribution in [0.1, 0.15) is 18.4 Å². The molecule has 0 radical (unpaired) electrons. The minimum absolute atomic E-state index is 0.206. The lowest BCUT2D eigenvalue weighted by molar-refractivity contribution is 0.0416. The number of carbonyl (C=O) groups is 1. The Morgan fingerprint density at radius 2 is 2.11 bits per heavy atom. The van der Waals surface area contributed by atoms with E-state index in [9.17, 15) is 9.18 Å². The van der Waals surface area contributed by atoms with Crippen LogP contribution in [0.5, 0.6) is 0 Å². The number of piperidine rings is 1. The predicted octanol–water partition coefficient (Wildman–Crippen LogP) is 2.80. The molecule has 0 aliphatic carbocycles. The zero-order valence-corrected chi connectivity index (χ0v) is 10.2. The van der Waals surface area contributed by atoms with Crippen molar-refractivity contribution in [3.05, 3.63) is 29.6 Å². The average molecular weight is 253 g/mol. The molecule has 18 heavy (non-hydrogen) atoms. The monoisotopic (exact) mass is 253 g/mol. The summed E-state index contributed by atoms with van der Waals surface area (Å²) in [5.74, 6) is -0.206. The normalized spacial score (nSPS) is 16.7. The van der Waals surface area contributed by atoms with Gasteiger partial charge in [0, 0.05) is 31.6 Å². The molecule has 1 aromatic rings. The smallest absolute Gasteiger partial charge is 0.450 e. The zero-order valence-electron chi connectivity index (χ0n) is 10.2. The molecule has 0 saturated carbocycles. The summed E-state index contributed by atoms with van der Waals surface area (Å²) < 4.78 is 17.9. The van der Waals surface area contributed by atoms with Crippen molar-refractivity contribution in [3.8, 4) is 0 Å². The summed E-state index contributed by atoms with van der Waals surface area (Å²) in [5.41, 5.74) is 1.60. The van der Waals surface area contributed by atoms with Gasteiger partial charge < -0.3 is 14.7 Å². The third kappa shape index (κ3) is 2.91. The molecule has 0 bridgehead atoms. The van der Waals surface area contributed by atoms with Gasteiger partial charge in [0.25, 0.3) is 0 Å². The Labute approximate surface area is 105 Å².